The number of carbonyl (C=O) groups excluding carboxylic acids is 2. The Labute approximate surface area is 153 Å². The zero-order valence-electron chi connectivity index (χ0n) is 15.4. The molecular weight excluding hydrogens is 332 g/mol. The van der Waals surface area contributed by atoms with E-state index >= 15 is 0 Å². The second kappa shape index (κ2) is 8.84. The van der Waals surface area contributed by atoms with E-state index < -0.39 is 6.09 Å². The molecule has 0 saturated carbocycles. The number of aromatic nitrogens is 1. The molecule has 0 aliphatic rings. The molecule has 1 aromatic carbocycles. The van der Waals surface area contributed by atoms with Crippen LogP contribution in [0.5, 0.6) is 0 Å². The van der Waals surface area contributed by atoms with Crippen LogP contribution in [0.3, 0.4) is 0 Å². The maximum atomic E-state index is 12.6. The molecule has 0 spiro atoms. The third-order valence-electron chi connectivity index (χ3n) is 3.53. The predicted molar refractivity (Wildman–Crippen MR) is 103 cm³/mol. The molecule has 0 radical (unpaired) electrons. The first-order valence-corrected chi connectivity index (χ1v) is 8.45. The van der Waals surface area contributed by atoms with Crippen LogP contribution in [-0.2, 0) is 4.74 Å². The summed E-state index contributed by atoms with van der Waals surface area (Å²) in [4.78, 5) is 29.9. The zero-order chi connectivity index (χ0) is 19.1. The standard InChI is InChI=1S/C19H24N4O3/c1-5-26-19(25)23(4)15-10-8-14(9-11-15)22-18(24)16-7-6-12-20-17(16)21-13(2)3/h6-13H,5H2,1-4H3,(H,20,21)(H,22,24). The fourth-order valence-electron chi connectivity index (χ4n) is 2.27. The van der Waals surface area contributed by atoms with Gasteiger partial charge in [-0.25, -0.2) is 9.78 Å². The average Bonchev–Trinajstić information content (AvgIpc) is 2.62. The fraction of sp³-hybridized carbons (Fsp3) is 0.316. The molecule has 2 aromatic rings. The molecule has 0 saturated heterocycles. The lowest BCUT2D eigenvalue weighted by atomic mass is 10.2. The Morgan fingerprint density at radius 2 is 1.88 bits per heavy atom. The number of anilines is 3. The Bertz CT molecular complexity index is 760. The van der Waals surface area contributed by atoms with Crippen molar-refractivity contribution >= 4 is 29.2 Å². The number of amides is 2. The monoisotopic (exact) mass is 356 g/mol. The van der Waals surface area contributed by atoms with E-state index in [-0.39, 0.29) is 11.9 Å². The summed E-state index contributed by atoms with van der Waals surface area (Å²) in [5, 5.41) is 6.00. The third-order valence-corrected chi connectivity index (χ3v) is 3.53. The lowest BCUT2D eigenvalue weighted by Crippen LogP contribution is -2.26. The summed E-state index contributed by atoms with van der Waals surface area (Å²) < 4.78 is 4.96. The van der Waals surface area contributed by atoms with Gasteiger partial charge in [-0.3, -0.25) is 9.69 Å². The number of pyridine rings is 1. The molecule has 0 unspecified atom stereocenters. The minimum Gasteiger partial charge on any atom is -0.449 e. The van der Waals surface area contributed by atoms with Crippen LogP contribution in [-0.4, -0.2) is 36.7 Å². The smallest absolute Gasteiger partial charge is 0.413 e. The van der Waals surface area contributed by atoms with Crippen molar-refractivity contribution in [3.8, 4) is 0 Å². The van der Waals surface area contributed by atoms with E-state index in [0.29, 0.717) is 29.4 Å². The molecule has 138 valence electrons. The molecule has 0 atom stereocenters. The van der Waals surface area contributed by atoms with E-state index in [1.165, 1.54) is 4.90 Å². The lowest BCUT2D eigenvalue weighted by Gasteiger charge is -2.17. The number of rotatable bonds is 6. The van der Waals surface area contributed by atoms with E-state index in [1.54, 1.807) is 56.6 Å². The van der Waals surface area contributed by atoms with Crippen molar-refractivity contribution in [2.45, 2.75) is 26.8 Å². The van der Waals surface area contributed by atoms with Crippen molar-refractivity contribution in [3.05, 3.63) is 48.2 Å². The summed E-state index contributed by atoms with van der Waals surface area (Å²) in [6.45, 7) is 6.03. The van der Waals surface area contributed by atoms with E-state index in [4.69, 9.17) is 4.74 Å². The zero-order valence-corrected chi connectivity index (χ0v) is 15.4. The number of nitrogens with zero attached hydrogens (tertiary/aromatic N) is 2. The molecule has 0 aliphatic heterocycles. The van der Waals surface area contributed by atoms with Crippen molar-refractivity contribution in [2.75, 3.05) is 29.2 Å². The van der Waals surface area contributed by atoms with Crippen LogP contribution in [0.15, 0.2) is 42.6 Å². The molecule has 1 heterocycles. The normalized spacial score (nSPS) is 10.3. The van der Waals surface area contributed by atoms with Crippen molar-refractivity contribution in [2.24, 2.45) is 0 Å². The summed E-state index contributed by atoms with van der Waals surface area (Å²) >= 11 is 0. The fourth-order valence-corrected chi connectivity index (χ4v) is 2.27. The lowest BCUT2D eigenvalue weighted by molar-refractivity contribution is 0.102. The molecule has 26 heavy (non-hydrogen) atoms. The second-order valence-corrected chi connectivity index (χ2v) is 5.96. The largest absolute Gasteiger partial charge is 0.449 e. The predicted octanol–water partition coefficient (Wildman–Crippen LogP) is 3.75. The minimum absolute atomic E-state index is 0.161. The number of hydrogen-bond acceptors (Lipinski definition) is 5. The quantitative estimate of drug-likeness (QED) is 0.824. The second-order valence-electron chi connectivity index (χ2n) is 5.96. The Hall–Kier alpha value is -3.09. The van der Waals surface area contributed by atoms with Gasteiger partial charge < -0.3 is 15.4 Å². The molecule has 2 rings (SSSR count). The summed E-state index contributed by atoms with van der Waals surface area (Å²) in [7, 11) is 1.63. The number of hydrogen-bond donors (Lipinski definition) is 2. The van der Waals surface area contributed by atoms with Crippen LogP contribution in [0.4, 0.5) is 22.0 Å². The van der Waals surface area contributed by atoms with Crippen LogP contribution in [0.1, 0.15) is 31.1 Å². The van der Waals surface area contributed by atoms with Crippen molar-refractivity contribution in [1.29, 1.82) is 0 Å². The van der Waals surface area contributed by atoms with Gasteiger partial charge in [-0.1, -0.05) is 0 Å². The van der Waals surface area contributed by atoms with E-state index in [9.17, 15) is 9.59 Å². The molecule has 1 aromatic heterocycles. The Morgan fingerprint density at radius 3 is 2.50 bits per heavy atom. The van der Waals surface area contributed by atoms with Crippen molar-refractivity contribution < 1.29 is 14.3 Å². The van der Waals surface area contributed by atoms with E-state index in [2.05, 4.69) is 15.6 Å². The Morgan fingerprint density at radius 1 is 1.19 bits per heavy atom. The first-order valence-electron chi connectivity index (χ1n) is 8.45. The van der Waals surface area contributed by atoms with Crippen LogP contribution >= 0.6 is 0 Å². The van der Waals surface area contributed by atoms with Gasteiger partial charge in [0.05, 0.1) is 12.2 Å². The summed E-state index contributed by atoms with van der Waals surface area (Å²) in [5.41, 5.74) is 1.76. The molecule has 2 amide bonds. The molecule has 7 heteroatoms. The van der Waals surface area contributed by atoms with Crippen LogP contribution in [0.25, 0.3) is 0 Å². The maximum Gasteiger partial charge on any atom is 0.413 e. The van der Waals surface area contributed by atoms with Gasteiger partial charge in [0.1, 0.15) is 5.82 Å². The number of nitrogens with one attached hydrogen (secondary N) is 2. The summed E-state index contributed by atoms with van der Waals surface area (Å²) in [6.07, 6.45) is 1.21. The highest BCUT2D eigenvalue weighted by atomic mass is 16.6. The van der Waals surface area contributed by atoms with Crippen LogP contribution in [0.2, 0.25) is 0 Å². The SMILES string of the molecule is CCOC(=O)N(C)c1ccc(NC(=O)c2cccnc2NC(C)C)cc1. The molecule has 2 N–H and O–H groups in total. The number of ether oxygens (including phenoxy) is 1. The van der Waals surface area contributed by atoms with Gasteiger partial charge in [-0.2, -0.15) is 0 Å². The van der Waals surface area contributed by atoms with Crippen molar-refractivity contribution in [3.63, 3.8) is 0 Å². The summed E-state index contributed by atoms with van der Waals surface area (Å²) in [5.74, 6) is 0.284. The molecule has 0 aliphatic carbocycles. The third kappa shape index (κ3) is 4.95. The minimum atomic E-state index is -0.427. The Balaban J connectivity index is 2.10. The summed E-state index contributed by atoms with van der Waals surface area (Å²) in [6, 6.07) is 10.5. The molecule has 7 nitrogen and oxygen atoms in total. The van der Waals surface area contributed by atoms with Gasteiger partial charge in [0.2, 0.25) is 0 Å². The average molecular weight is 356 g/mol. The topological polar surface area (TPSA) is 83.6 Å². The van der Waals surface area contributed by atoms with Gasteiger partial charge in [-0.15, -0.1) is 0 Å². The Kier molecular flexibility index (Phi) is 6.54. The van der Waals surface area contributed by atoms with Crippen LogP contribution in [0, 0.1) is 0 Å². The maximum absolute atomic E-state index is 12.6. The molecule has 0 bridgehead atoms. The first-order chi connectivity index (χ1) is 12.4. The van der Waals surface area contributed by atoms with Crippen LogP contribution < -0.4 is 15.5 Å². The highest BCUT2D eigenvalue weighted by Crippen LogP contribution is 2.20. The van der Waals surface area contributed by atoms with E-state index in [0.717, 1.165) is 0 Å². The molecule has 0 fully saturated rings. The van der Waals surface area contributed by atoms with E-state index in [1.807, 2.05) is 13.8 Å². The van der Waals surface area contributed by atoms with Gasteiger partial charge in [-0.05, 0) is 57.2 Å². The van der Waals surface area contributed by atoms with Gasteiger partial charge in [0, 0.05) is 30.7 Å². The molecular formula is C19H24N4O3. The number of benzene rings is 1. The highest BCUT2D eigenvalue weighted by molar-refractivity contribution is 6.07. The van der Waals surface area contributed by atoms with Gasteiger partial charge in [0.25, 0.3) is 5.91 Å². The van der Waals surface area contributed by atoms with Crippen molar-refractivity contribution in [1.82, 2.24) is 4.98 Å². The highest BCUT2D eigenvalue weighted by Gasteiger charge is 2.14. The number of carbonyl (C=O) groups is 2. The van der Waals surface area contributed by atoms with Gasteiger partial charge >= 0.3 is 6.09 Å². The first kappa shape index (κ1) is 19.2. The van der Waals surface area contributed by atoms with Gasteiger partial charge in [0.15, 0.2) is 0 Å².